The molecule has 0 aliphatic rings. The third kappa shape index (κ3) is 8.63. The van der Waals surface area contributed by atoms with E-state index in [0.29, 0.717) is 13.0 Å². The molecule has 0 saturated heterocycles. The van der Waals surface area contributed by atoms with Crippen molar-refractivity contribution in [2.75, 3.05) is 26.3 Å². The van der Waals surface area contributed by atoms with Crippen LogP contribution in [0.5, 0.6) is 0 Å². The zero-order chi connectivity index (χ0) is 17.5. The molecule has 8 heteroatoms. The molecule has 0 aromatic carbocycles. The summed E-state index contributed by atoms with van der Waals surface area (Å²) >= 11 is 5.93. The second-order valence-corrected chi connectivity index (χ2v) is 3.92. The predicted molar refractivity (Wildman–Crippen MR) is 87.7 cm³/mol. The number of aliphatic imine (C=N–C) groups is 1. The molecule has 0 unspecified atom stereocenters. The second kappa shape index (κ2) is 14.3. The van der Waals surface area contributed by atoms with Crippen LogP contribution in [0.2, 0.25) is 0 Å². The molecule has 0 aliphatic carbocycles. The van der Waals surface area contributed by atoms with Gasteiger partial charge in [-0.25, -0.2) is 9.59 Å². The van der Waals surface area contributed by atoms with Crippen LogP contribution >= 0.6 is 11.6 Å². The molecule has 0 bridgehead atoms. The largest absolute Gasteiger partial charge is 0.461 e. The average molecular weight is 336 g/mol. The topological polar surface area (TPSA) is 117 Å². The molecular weight excluding hydrogens is 310 g/mol. The van der Waals surface area contributed by atoms with E-state index in [1.807, 2.05) is 13.8 Å². The zero-order valence-corrected chi connectivity index (χ0v) is 14.4. The third-order valence-corrected chi connectivity index (χ3v) is 2.42. The Morgan fingerprint density at radius 2 is 1.59 bits per heavy atom. The van der Waals surface area contributed by atoms with Gasteiger partial charge in [0.25, 0.3) is 0 Å². The van der Waals surface area contributed by atoms with Gasteiger partial charge in [0.05, 0.1) is 13.2 Å². The highest BCUT2D eigenvalue weighted by molar-refractivity contribution is 6.59. The molecule has 0 aliphatic heterocycles. The minimum Gasteiger partial charge on any atom is -0.461 e. The van der Waals surface area contributed by atoms with E-state index in [0.717, 1.165) is 0 Å². The summed E-state index contributed by atoms with van der Waals surface area (Å²) in [4.78, 5) is 27.2. The number of nitrogens with zero attached hydrogens (tertiary/aromatic N) is 1. The quantitative estimate of drug-likeness (QED) is 0.299. The lowest BCUT2D eigenvalue weighted by Gasteiger charge is -2.08. The summed E-state index contributed by atoms with van der Waals surface area (Å²) in [5.74, 6) is -1.56. The zero-order valence-electron chi connectivity index (χ0n) is 13.6. The van der Waals surface area contributed by atoms with Gasteiger partial charge in [0, 0.05) is 6.54 Å². The van der Waals surface area contributed by atoms with Gasteiger partial charge < -0.3 is 20.9 Å². The Labute approximate surface area is 136 Å². The standard InChI is InChI=1S/C12H20ClN3O4.C2H6/c1-3-19-11(17)9(15)8(13)10(12(18)20-4-2)16-7-5-6-14;1-2/h3-7,14-15H2,1-2H3;1-2H3/b9-8+,16-10?;. The Morgan fingerprint density at radius 1 is 1.09 bits per heavy atom. The summed E-state index contributed by atoms with van der Waals surface area (Å²) in [6, 6.07) is 0. The van der Waals surface area contributed by atoms with Gasteiger partial charge in [-0.05, 0) is 26.8 Å². The summed E-state index contributed by atoms with van der Waals surface area (Å²) in [7, 11) is 0. The van der Waals surface area contributed by atoms with Crippen molar-refractivity contribution in [2.24, 2.45) is 16.5 Å². The molecule has 0 saturated carbocycles. The lowest BCUT2D eigenvalue weighted by molar-refractivity contribution is -0.138. The second-order valence-electron chi connectivity index (χ2n) is 3.54. The fourth-order valence-corrected chi connectivity index (χ4v) is 1.35. The van der Waals surface area contributed by atoms with E-state index in [2.05, 4.69) is 4.99 Å². The maximum Gasteiger partial charge on any atom is 0.358 e. The molecule has 0 heterocycles. The molecule has 0 spiro atoms. The van der Waals surface area contributed by atoms with E-state index in [9.17, 15) is 9.59 Å². The first kappa shape index (κ1) is 22.7. The number of ether oxygens (including phenoxy) is 2. The van der Waals surface area contributed by atoms with Crippen LogP contribution in [0, 0.1) is 0 Å². The molecule has 0 aromatic rings. The van der Waals surface area contributed by atoms with Gasteiger partial charge in [-0.15, -0.1) is 0 Å². The normalized spacial score (nSPS) is 11.8. The summed E-state index contributed by atoms with van der Waals surface area (Å²) in [6.07, 6.45) is 0.562. The smallest absolute Gasteiger partial charge is 0.358 e. The molecule has 0 radical (unpaired) electrons. The van der Waals surface area contributed by atoms with Crippen molar-refractivity contribution in [1.82, 2.24) is 0 Å². The van der Waals surface area contributed by atoms with Crippen molar-refractivity contribution in [1.29, 1.82) is 0 Å². The highest BCUT2D eigenvalue weighted by Crippen LogP contribution is 2.12. The van der Waals surface area contributed by atoms with Gasteiger partial charge in [0.15, 0.2) is 5.71 Å². The van der Waals surface area contributed by atoms with Gasteiger partial charge in [-0.1, -0.05) is 25.4 Å². The predicted octanol–water partition coefficient (Wildman–Crippen LogP) is 1.34. The molecular formula is C14H26ClN3O4. The molecule has 22 heavy (non-hydrogen) atoms. The van der Waals surface area contributed by atoms with Crippen molar-refractivity contribution in [3.05, 3.63) is 10.7 Å². The van der Waals surface area contributed by atoms with E-state index >= 15 is 0 Å². The van der Waals surface area contributed by atoms with E-state index in [1.165, 1.54) is 0 Å². The number of carbonyl (C=O) groups is 2. The Morgan fingerprint density at radius 3 is 2.05 bits per heavy atom. The van der Waals surface area contributed by atoms with Gasteiger partial charge >= 0.3 is 11.9 Å². The average Bonchev–Trinajstić information content (AvgIpc) is 2.52. The lowest BCUT2D eigenvalue weighted by Crippen LogP contribution is -2.25. The fraction of sp³-hybridized carbons (Fsp3) is 0.643. The first-order valence-corrected chi connectivity index (χ1v) is 7.61. The van der Waals surface area contributed by atoms with Gasteiger partial charge in [-0.3, -0.25) is 4.99 Å². The molecule has 7 nitrogen and oxygen atoms in total. The minimum absolute atomic E-state index is 0.142. The Balaban J connectivity index is 0. The number of esters is 2. The van der Waals surface area contributed by atoms with E-state index in [4.69, 9.17) is 32.5 Å². The van der Waals surface area contributed by atoms with Crippen molar-refractivity contribution in [2.45, 2.75) is 34.1 Å². The van der Waals surface area contributed by atoms with Crippen LogP contribution in [0.3, 0.4) is 0 Å². The Hall–Kier alpha value is -1.60. The van der Waals surface area contributed by atoms with Crippen LogP contribution in [-0.2, 0) is 19.1 Å². The minimum atomic E-state index is -0.812. The van der Waals surface area contributed by atoms with Crippen LogP contribution in [0.4, 0.5) is 0 Å². The van der Waals surface area contributed by atoms with Crippen molar-refractivity contribution in [3.8, 4) is 0 Å². The monoisotopic (exact) mass is 335 g/mol. The number of hydrogen-bond donors (Lipinski definition) is 2. The van der Waals surface area contributed by atoms with E-state index in [-0.39, 0.29) is 36.2 Å². The number of halogens is 1. The maximum atomic E-state index is 11.8. The summed E-state index contributed by atoms with van der Waals surface area (Å²) in [6.45, 7) is 8.24. The maximum absolute atomic E-state index is 11.8. The van der Waals surface area contributed by atoms with Gasteiger partial charge in [0.1, 0.15) is 10.7 Å². The van der Waals surface area contributed by atoms with Crippen molar-refractivity contribution < 1.29 is 19.1 Å². The molecule has 0 rings (SSSR count). The van der Waals surface area contributed by atoms with Crippen LogP contribution in [0.25, 0.3) is 0 Å². The van der Waals surface area contributed by atoms with Crippen LogP contribution in [0.15, 0.2) is 15.7 Å². The summed E-state index contributed by atoms with van der Waals surface area (Å²) in [5, 5.41) is -0.279. The highest BCUT2D eigenvalue weighted by atomic mass is 35.5. The molecule has 0 atom stereocenters. The van der Waals surface area contributed by atoms with Crippen molar-refractivity contribution >= 4 is 29.3 Å². The lowest BCUT2D eigenvalue weighted by atomic mass is 10.2. The SMILES string of the molecule is CC.CCOC(=O)C(=NCCCN)/C(Cl)=C(\N)C(=O)OCC. The third-order valence-electron chi connectivity index (χ3n) is 2.04. The number of hydrogen-bond acceptors (Lipinski definition) is 7. The van der Waals surface area contributed by atoms with Gasteiger partial charge in [-0.2, -0.15) is 0 Å². The van der Waals surface area contributed by atoms with Crippen molar-refractivity contribution in [3.63, 3.8) is 0 Å². The van der Waals surface area contributed by atoms with Crippen LogP contribution in [-0.4, -0.2) is 44.0 Å². The van der Waals surface area contributed by atoms with E-state index in [1.54, 1.807) is 13.8 Å². The fourth-order valence-electron chi connectivity index (χ4n) is 1.13. The van der Waals surface area contributed by atoms with E-state index < -0.39 is 11.9 Å². The molecule has 0 fully saturated rings. The Bertz CT molecular complexity index is 409. The molecule has 4 N–H and O–H groups in total. The Kier molecular flexibility index (Phi) is 14.8. The van der Waals surface area contributed by atoms with Crippen LogP contribution in [0.1, 0.15) is 34.1 Å². The summed E-state index contributed by atoms with van der Waals surface area (Å²) < 4.78 is 9.53. The number of nitrogens with two attached hydrogens (primary N) is 2. The molecule has 0 amide bonds. The molecule has 0 aromatic heterocycles. The summed E-state index contributed by atoms with van der Waals surface area (Å²) in [5.41, 5.74) is 10.3. The van der Waals surface area contributed by atoms with Gasteiger partial charge in [0.2, 0.25) is 0 Å². The molecule has 128 valence electrons. The highest BCUT2D eigenvalue weighted by Gasteiger charge is 2.22. The first-order chi connectivity index (χ1) is 10.5. The van der Waals surface area contributed by atoms with Crippen LogP contribution < -0.4 is 11.5 Å². The number of carbonyl (C=O) groups excluding carboxylic acids is 2. The first-order valence-electron chi connectivity index (χ1n) is 7.23. The number of rotatable bonds is 8.